The molecule has 24 heavy (non-hydrogen) atoms. The smallest absolute Gasteiger partial charge is 0.134 e. The third-order valence-corrected chi connectivity index (χ3v) is 3.87. The number of benzene rings is 2. The van der Waals surface area contributed by atoms with Crippen molar-refractivity contribution in [3.63, 3.8) is 0 Å². The van der Waals surface area contributed by atoms with Crippen molar-refractivity contribution < 1.29 is 0 Å². The van der Waals surface area contributed by atoms with Gasteiger partial charge in [-0.15, -0.1) is 0 Å². The zero-order valence-corrected chi connectivity index (χ0v) is 12.9. The number of hydrogen-bond acceptors (Lipinski definition) is 5. The molecule has 0 aliphatic heterocycles. The molecule has 0 saturated heterocycles. The van der Waals surface area contributed by atoms with Gasteiger partial charge in [-0.1, -0.05) is 24.3 Å². The number of nitrogens with two attached hydrogens (primary N) is 1. The summed E-state index contributed by atoms with van der Waals surface area (Å²) in [5.41, 5.74) is 10.6. The molecule has 4 N–H and O–H groups in total. The fraction of sp³-hybridized carbons (Fsp3) is 0.0556. The van der Waals surface area contributed by atoms with Crippen LogP contribution in [0, 0.1) is 0 Å². The van der Waals surface area contributed by atoms with Crippen LogP contribution in [0.4, 0.5) is 11.5 Å². The molecule has 0 radical (unpaired) electrons. The summed E-state index contributed by atoms with van der Waals surface area (Å²) in [5, 5.41) is 11.3. The molecule has 0 aliphatic rings. The van der Waals surface area contributed by atoms with Gasteiger partial charge >= 0.3 is 0 Å². The summed E-state index contributed by atoms with van der Waals surface area (Å²) in [4.78, 5) is 8.65. The summed E-state index contributed by atoms with van der Waals surface area (Å²) in [5.74, 6) is 0.741. The quantitative estimate of drug-likeness (QED) is 0.537. The van der Waals surface area contributed by atoms with Gasteiger partial charge in [0.15, 0.2) is 0 Å². The normalized spacial score (nSPS) is 10.9. The maximum absolute atomic E-state index is 5.64. The molecule has 6 heteroatoms. The number of aromatic nitrogens is 4. The van der Waals surface area contributed by atoms with Gasteiger partial charge in [0.2, 0.25) is 0 Å². The van der Waals surface area contributed by atoms with E-state index in [-0.39, 0.29) is 0 Å². The predicted molar refractivity (Wildman–Crippen MR) is 94.7 cm³/mol. The Bertz CT molecular complexity index is 974. The number of hydrogen-bond donors (Lipinski definition) is 3. The summed E-state index contributed by atoms with van der Waals surface area (Å²) in [6, 6.07) is 16.0. The van der Waals surface area contributed by atoms with Gasteiger partial charge in [-0.3, -0.25) is 5.10 Å². The van der Waals surface area contributed by atoms with E-state index in [0.717, 1.165) is 39.2 Å². The summed E-state index contributed by atoms with van der Waals surface area (Å²) in [6.07, 6.45) is 3.36. The predicted octanol–water partition coefficient (Wildman–Crippen LogP) is 3.22. The van der Waals surface area contributed by atoms with E-state index in [0.29, 0.717) is 6.54 Å². The number of rotatable bonds is 4. The first-order valence-electron chi connectivity index (χ1n) is 7.63. The zero-order valence-electron chi connectivity index (χ0n) is 12.9. The molecule has 0 saturated carbocycles. The number of aromatic amines is 1. The molecule has 2 aromatic carbocycles. The molecule has 2 heterocycles. The van der Waals surface area contributed by atoms with E-state index in [2.05, 4.69) is 25.5 Å². The molecule has 0 bridgehead atoms. The lowest BCUT2D eigenvalue weighted by molar-refractivity contribution is 1.07. The van der Waals surface area contributed by atoms with Crippen LogP contribution in [0.25, 0.3) is 22.2 Å². The van der Waals surface area contributed by atoms with E-state index in [1.807, 2.05) is 48.5 Å². The second kappa shape index (κ2) is 6.10. The molecule has 0 fully saturated rings. The molecule has 2 aromatic heterocycles. The van der Waals surface area contributed by atoms with Crippen LogP contribution in [0.1, 0.15) is 5.56 Å². The Balaban J connectivity index is 1.61. The molecule has 4 rings (SSSR count). The molecular weight excluding hydrogens is 300 g/mol. The number of anilines is 2. The van der Waals surface area contributed by atoms with Gasteiger partial charge in [0.05, 0.1) is 17.4 Å². The Labute approximate surface area is 138 Å². The van der Waals surface area contributed by atoms with Gasteiger partial charge in [-0.2, -0.15) is 5.10 Å². The third kappa shape index (κ3) is 2.82. The highest BCUT2D eigenvalue weighted by Gasteiger charge is 2.04. The lowest BCUT2D eigenvalue weighted by Gasteiger charge is -2.07. The Morgan fingerprint density at radius 2 is 1.88 bits per heavy atom. The molecule has 4 aromatic rings. The van der Waals surface area contributed by atoms with Crippen molar-refractivity contribution in [2.75, 3.05) is 5.32 Å². The fourth-order valence-corrected chi connectivity index (χ4v) is 2.56. The number of nitrogens with zero attached hydrogens (tertiary/aromatic N) is 3. The minimum Gasteiger partial charge on any atom is -0.340 e. The molecule has 0 aliphatic carbocycles. The van der Waals surface area contributed by atoms with Crippen LogP contribution >= 0.6 is 0 Å². The second-order valence-corrected chi connectivity index (χ2v) is 5.49. The van der Waals surface area contributed by atoms with Crippen molar-refractivity contribution >= 4 is 22.4 Å². The van der Waals surface area contributed by atoms with Crippen molar-refractivity contribution in [2.45, 2.75) is 6.54 Å². The number of fused-ring (bicyclic) bond motifs is 1. The van der Waals surface area contributed by atoms with Crippen LogP contribution < -0.4 is 11.1 Å². The molecule has 0 spiro atoms. The average Bonchev–Trinajstić information content (AvgIpc) is 3.10. The van der Waals surface area contributed by atoms with Gasteiger partial charge in [0, 0.05) is 29.2 Å². The maximum atomic E-state index is 5.64. The third-order valence-electron chi connectivity index (χ3n) is 3.87. The zero-order chi connectivity index (χ0) is 16.4. The van der Waals surface area contributed by atoms with Crippen molar-refractivity contribution in [3.05, 3.63) is 66.6 Å². The van der Waals surface area contributed by atoms with Crippen LogP contribution in [-0.2, 0) is 6.54 Å². The second-order valence-electron chi connectivity index (χ2n) is 5.49. The highest BCUT2D eigenvalue weighted by Crippen LogP contribution is 2.23. The van der Waals surface area contributed by atoms with Crippen LogP contribution in [0.5, 0.6) is 0 Å². The van der Waals surface area contributed by atoms with Gasteiger partial charge < -0.3 is 11.1 Å². The van der Waals surface area contributed by atoms with Crippen LogP contribution in [0.3, 0.4) is 0 Å². The lowest BCUT2D eigenvalue weighted by Crippen LogP contribution is -1.97. The lowest BCUT2D eigenvalue weighted by atomic mass is 10.1. The summed E-state index contributed by atoms with van der Waals surface area (Å²) >= 11 is 0. The Kier molecular flexibility index (Phi) is 3.64. The van der Waals surface area contributed by atoms with Gasteiger partial charge in [0.25, 0.3) is 0 Å². The molecule has 6 nitrogen and oxygen atoms in total. The van der Waals surface area contributed by atoms with Crippen molar-refractivity contribution in [1.29, 1.82) is 0 Å². The highest BCUT2D eigenvalue weighted by molar-refractivity contribution is 5.82. The molecule has 0 unspecified atom stereocenters. The van der Waals surface area contributed by atoms with E-state index in [1.165, 1.54) is 0 Å². The largest absolute Gasteiger partial charge is 0.340 e. The fourth-order valence-electron chi connectivity index (χ4n) is 2.56. The number of H-pyrrole nitrogens is 1. The first-order valence-corrected chi connectivity index (χ1v) is 7.63. The van der Waals surface area contributed by atoms with Gasteiger partial charge in [0.1, 0.15) is 12.1 Å². The van der Waals surface area contributed by atoms with Crippen LogP contribution in [0.15, 0.2) is 61.1 Å². The SMILES string of the molecule is NCc1ccc(-c2cc(Nc3ccc4[nH]ncc4c3)ncn2)cc1. The monoisotopic (exact) mass is 316 g/mol. The van der Waals surface area contributed by atoms with E-state index >= 15 is 0 Å². The minimum absolute atomic E-state index is 0.535. The summed E-state index contributed by atoms with van der Waals surface area (Å²) < 4.78 is 0. The van der Waals surface area contributed by atoms with Crippen LogP contribution in [0.2, 0.25) is 0 Å². The van der Waals surface area contributed by atoms with Gasteiger partial charge in [-0.05, 0) is 23.8 Å². The average molecular weight is 316 g/mol. The van der Waals surface area contributed by atoms with E-state index < -0.39 is 0 Å². The van der Waals surface area contributed by atoms with E-state index in [9.17, 15) is 0 Å². The van der Waals surface area contributed by atoms with E-state index in [1.54, 1.807) is 12.5 Å². The standard InChI is InChI=1S/C18H16N6/c19-9-12-1-3-13(4-2-12)17-8-18(21-11-20-17)23-15-5-6-16-14(7-15)10-22-24-16/h1-8,10-11H,9,19H2,(H,22,24)(H,20,21,23). The van der Waals surface area contributed by atoms with Gasteiger partial charge in [-0.25, -0.2) is 9.97 Å². The first kappa shape index (κ1) is 14.3. The van der Waals surface area contributed by atoms with Crippen molar-refractivity contribution in [1.82, 2.24) is 20.2 Å². The van der Waals surface area contributed by atoms with Crippen molar-refractivity contribution in [3.8, 4) is 11.3 Å². The molecular formula is C18H16N6. The number of nitrogens with one attached hydrogen (secondary N) is 2. The van der Waals surface area contributed by atoms with Crippen molar-refractivity contribution in [2.24, 2.45) is 5.73 Å². The van der Waals surface area contributed by atoms with E-state index in [4.69, 9.17) is 5.73 Å². The Hall–Kier alpha value is -3.25. The first-order chi connectivity index (χ1) is 11.8. The minimum atomic E-state index is 0.535. The molecule has 0 amide bonds. The topological polar surface area (TPSA) is 92.5 Å². The Morgan fingerprint density at radius 1 is 1.00 bits per heavy atom. The highest BCUT2D eigenvalue weighted by atomic mass is 15.1. The Morgan fingerprint density at radius 3 is 2.71 bits per heavy atom. The molecule has 118 valence electrons. The summed E-state index contributed by atoms with van der Waals surface area (Å²) in [7, 11) is 0. The molecule has 0 atom stereocenters. The summed E-state index contributed by atoms with van der Waals surface area (Å²) in [6.45, 7) is 0.535. The maximum Gasteiger partial charge on any atom is 0.134 e. The van der Waals surface area contributed by atoms with Crippen LogP contribution in [-0.4, -0.2) is 20.2 Å².